The minimum Gasteiger partial charge on any atom is -0.357 e. The number of aromatic nitrogens is 1. The summed E-state index contributed by atoms with van der Waals surface area (Å²) >= 11 is 5.48. The third-order valence-corrected chi connectivity index (χ3v) is 4.95. The van der Waals surface area contributed by atoms with Crippen molar-refractivity contribution in [1.29, 1.82) is 0 Å². The number of hydrogen-bond donors (Lipinski definition) is 1. The highest BCUT2D eigenvalue weighted by Gasteiger charge is 2.21. The van der Waals surface area contributed by atoms with Crippen LogP contribution < -0.4 is 10.2 Å². The van der Waals surface area contributed by atoms with Crippen LogP contribution in [0, 0.1) is 0 Å². The number of nitrogens with one attached hydrogen (secondary N) is 1. The van der Waals surface area contributed by atoms with E-state index in [2.05, 4.69) is 35.3 Å². The molecule has 0 aliphatic carbocycles. The summed E-state index contributed by atoms with van der Waals surface area (Å²) in [6, 6.07) is 16.6. The highest BCUT2D eigenvalue weighted by atomic mass is 35.5. The molecule has 2 aromatic rings. The van der Waals surface area contributed by atoms with Gasteiger partial charge in [0.1, 0.15) is 16.6 Å². The smallest absolute Gasteiger partial charge is 0.133 e. The number of anilines is 2. The standard InChI is InChI=1S/C19H24N4S.ClH/c1-22-13-11-16(12-14-22)23(2)18-10-6-9-17(20-18)21-19(24)15-7-4-3-5-8-15;/h3-10,16H,11-14H2,1-2H3,(H,20,21,24);1H. The van der Waals surface area contributed by atoms with Crippen molar-refractivity contribution in [3.8, 4) is 0 Å². The molecule has 0 spiro atoms. The van der Waals surface area contributed by atoms with Gasteiger partial charge in [0.05, 0.1) is 0 Å². The summed E-state index contributed by atoms with van der Waals surface area (Å²) in [5.74, 6) is 1.78. The molecule has 0 unspecified atom stereocenters. The van der Waals surface area contributed by atoms with Crippen molar-refractivity contribution in [3.63, 3.8) is 0 Å². The maximum Gasteiger partial charge on any atom is 0.133 e. The third-order valence-electron chi connectivity index (χ3n) is 4.61. The first kappa shape index (κ1) is 19.6. The minimum atomic E-state index is 0. The maximum absolute atomic E-state index is 5.48. The topological polar surface area (TPSA) is 31.4 Å². The molecule has 134 valence electrons. The van der Waals surface area contributed by atoms with Gasteiger partial charge in [-0.1, -0.05) is 48.6 Å². The highest BCUT2D eigenvalue weighted by molar-refractivity contribution is 7.81. The van der Waals surface area contributed by atoms with Gasteiger partial charge in [-0.25, -0.2) is 4.98 Å². The molecule has 0 amide bonds. The molecular formula is C19H25ClN4S. The second-order valence-electron chi connectivity index (χ2n) is 6.35. The molecule has 3 rings (SSSR count). The zero-order chi connectivity index (χ0) is 16.9. The number of thiocarbonyl (C=S) groups is 1. The Morgan fingerprint density at radius 1 is 1.12 bits per heavy atom. The molecule has 25 heavy (non-hydrogen) atoms. The summed E-state index contributed by atoms with van der Waals surface area (Å²) in [5.41, 5.74) is 1.00. The lowest BCUT2D eigenvalue weighted by Gasteiger charge is -2.35. The van der Waals surface area contributed by atoms with E-state index in [-0.39, 0.29) is 12.4 Å². The van der Waals surface area contributed by atoms with Crippen LogP contribution in [0.5, 0.6) is 0 Å². The molecule has 0 bridgehead atoms. The van der Waals surface area contributed by atoms with Crippen molar-refractivity contribution in [2.75, 3.05) is 37.4 Å². The van der Waals surface area contributed by atoms with Gasteiger partial charge < -0.3 is 15.1 Å². The van der Waals surface area contributed by atoms with E-state index in [1.165, 1.54) is 12.8 Å². The predicted molar refractivity (Wildman–Crippen MR) is 112 cm³/mol. The lowest BCUT2D eigenvalue weighted by atomic mass is 10.0. The van der Waals surface area contributed by atoms with Gasteiger partial charge in [-0.15, -0.1) is 12.4 Å². The van der Waals surface area contributed by atoms with E-state index in [0.717, 1.165) is 30.3 Å². The van der Waals surface area contributed by atoms with E-state index in [1.807, 2.05) is 42.5 Å². The van der Waals surface area contributed by atoms with Crippen LogP contribution in [0.15, 0.2) is 48.5 Å². The Morgan fingerprint density at radius 3 is 2.48 bits per heavy atom. The van der Waals surface area contributed by atoms with Gasteiger partial charge in [0.15, 0.2) is 0 Å². The molecule has 1 aromatic heterocycles. The van der Waals surface area contributed by atoms with Gasteiger partial charge >= 0.3 is 0 Å². The Bertz CT molecular complexity index is 687. The number of likely N-dealkylation sites (tertiary alicyclic amines) is 1. The van der Waals surface area contributed by atoms with Gasteiger partial charge in [0.25, 0.3) is 0 Å². The zero-order valence-electron chi connectivity index (χ0n) is 14.7. The normalized spacial score (nSPS) is 15.3. The zero-order valence-corrected chi connectivity index (χ0v) is 16.3. The first-order valence-electron chi connectivity index (χ1n) is 8.38. The van der Waals surface area contributed by atoms with E-state index in [4.69, 9.17) is 17.2 Å². The number of piperidine rings is 1. The molecule has 1 aromatic carbocycles. The average Bonchev–Trinajstić information content (AvgIpc) is 2.63. The number of hydrogen-bond acceptors (Lipinski definition) is 4. The van der Waals surface area contributed by atoms with E-state index < -0.39 is 0 Å². The number of halogens is 1. The molecule has 1 fully saturated rings. The molecular weight excluding hydrogens is 352 g/mol. The summed E-state index contributed by atoms with van der Waals surface area (Å²) in [6.07, 6.45) is 2.35. The summed E-state index contributed by atoms with van der Waals surface area (Å²) < 4.78 is 0. The molecule has 0 atom stereocenters. The highest BCUT2D eigenvalue weighted by Crippen LogP contribution is 2.21. The van der Waals surface area contributed by atoms with Gasteiger partial charge in [0, 0.05) is 18.7 Å². The summed E-state index contributed by atoms with van der Waals surface area (Å²) in [5, 5.41) is 3.25. The second kappa shape index (κ2) is 9.13. The van der Waals surface area contributed by atoms with Crippen molar-refractivity contribution < 1.29 is 0 Å². The van der Waals surface area contributed by atoms with Gasteiger partial charge in [-0.2, -0.15) is 0 Å². The van der Waals surface area contributed by atoms with Crippen molar-refractivity contribution in [2.24, 2.45) is 0 Å². The predicted octanol–water partition coefficient (Wildman–Crippen LogP) is 3.82. The fourth-order valence-corrected chi connectivity index (χ4v) is 3.28. The molecule has 4 nitrogen and oxygen atoms in total. The number of benzene rings is 1. The van der Waals surface area contributed by atoms with Crippen LogP contribution in [-0.4, -0.2) is 48.1 Å². The van der Waals surface area contributed by atoms with Crippen LogP contribution in [0.3, 0.4) is 0 Å². The van der Waals surface area contributed by atoms with Crippen molar-refractivity contribution in [1.82, 2.24) is 9.88 Å². The van der Waals surface area contributed by atoms with Crippen LogP contribution in [0.4, 0.5) is 11.6 Å². The van der Waals surface area contributed by atoms with E-state index in [1.54, 1.807) is 0 Å². The van der Waals surface area contributed by atoms with Crippen LogP contribution in [0.2, 0.25) is 0 Å². The first-order valence-corrected chi connectivity index (χ1v) is 8.79. The number of nitrogens with zero attached hydrogens (tertiary/aromatic N) is 3. The lowest BCUT2D eigenvalue weighted by molar-refractivity contribution is 0.252. The van der Waals surface area contributed by atoms with Gasteiger partial charge in [-0.3, -0.25) is 0 Å². The quantitative estimate of drug-likeness (QED) is 0.820. The molecule has 0 radical (unpaired) electrons. The van der Waals surface area contributed by atoms with Crippen LogP contribution >= 0.6 is 24.6 Å². The Balaban J connectivity index is 0.00000225. The second-order valence-corrected chi connectivity index (χ2v) is 6.75. The fraction of sp³-hybridized carbons (Fsp3) is 0.368. The monoisotopic (exact) mass is 376 g/mol. The van der Waals surface area contributed by atoms with Crippen molar-refractivity contribution in [2.45, 2.75) is 18.9 Å². The van der Waals surface area contributed by atoms with Crippen LogP contribution in [-0.2, 0) is 0 Å². The Kier molecular flexibility index (Phi) is 7.17. The molecule has 2 heterocycles. The van der Waals surface area contributed by atoms with E-state index in [0.29, 0.717) is 11.0 Å². The molecule has 0 saturated carbocycles. The minimum absolute atomic E-state index is 0. The van der Waals surface area contributed by atoms with E-state index >= 15 is 0 Å². The SMILES string of the molecule is CN1CCC(N(C)c2cccc(NC(=S)c3ccccc3)n2)CC1.Cl. The molecule has 1 aliphatic rings. The average molecular weight is 377 g/mol. The summed E-state index contributed by atoms with van der Waals surface area (Å²) in [6.45, 7) is 2.29. The lowest BCUT2D eigenvalue weighted by Crippen LogP contribution is -2.42. The van der Waals surface area contributed by atoms with E-state index in [9.17, 15) is 0 Å². The number of rotatable bonds is 4. The Labute approximate surface area is 161 Å². The molecule has 6 heteroatoms. The maximum atomic E-state index is 5.48. The Hall–Kier alpha value is -1.69. The van der Waals surface area contributed by atoms with Gasteiger partial charge in [0.2, 0.25) is 0 Å². The largest absolute Gasteiger partial charge is 0.357 e. The fourth-order valence-electron chi connectivity index (χ4n) is 3.04. The first-order chi connectivity index (χ1) is 11.6. The molecule has 1 N–H and O–H groups in total. The summed E-state index contributed by atoms with van der Waals surface area (Å²) in [7, 11) is 4.32. The Morgan fingerprint density at radius 2 is 1.80 bits per heavy atom. The van der Waals surface area contributed by atoms with Crippen LogP contribution in [0.25, 0.3) is 0 Å². The third kappa shape index (κ3) is 5.14. The molecule has 1 saturated heterocycles. The van der Waals surface area contributed by atoms with Gasteiger partial charge in [-0.05, 0) is 45.1 Å². The van der Waals surface area contributed by atoms with Crippen molar-refractivity contribution >= 4 is 41.2 Å². The summed E-state index contributed by atoms with van der Waals surface area (Å²) in [4.78, 5) is 10.1. The molecule has 1 aliphatic heterocycles. The van der Waals surface area contributed by atoms with Crippen molar-refractivity contribution in [3.05, 3.63) is 54.1 Å². The van der Waals surface area contributed by atoms with Crippen LogP contribution in [0.1, 0.15) is 18.4 Å². The number of pyridine rings is 1.